The monoisotopic (exact) mass is 257 g/mol. The molecule has 5 N–H and O–H groups in total. The standard InChI is InChI=1S/C13H15N5O/c1-7(13-15-2-3-16-13)17-11-6-10-8(4-9(11)14)5-12(19)18-10/h2-4,6-7,17H,5,14H2,1H3,(H,15,16)(H,18,19). The third-order valence-corrected chi connectivity index (χ3v) is 3.20. The van der Waals surface area contributed by atoms with Crippen molar-refractivity contribution in [1.82, 2.24) is 9.97 Å². The van der Waals surface area contributed by atoms with E-state index in [9.17, 15) is 4.79 Å². The van der Waals surface area contributed by atoms with E-state index in [0.717, 1.165) is 22.8 Å². The lowest BCUT2D eigenvalue weighted by Crippen LogP contribution is -2.10. The number of carbonyl (C=O) groups excluding carboxylic acids is 1. The third kappa shape index (κ3) is 2.12. The number of rotatable bonds is 3. The van der Waals surface area contributed by atoms with E-state index in [1.165, 1.54) is 0 Å². The number of nitrogens with zero attached hydrogens (tertiary/aromatic N) is 1. The van der Waals surface area contributed by atoms with E-state index in [4.69, 9.17) is 5.73 Å². The first-order valence-electron chi connectivity index (χ1n) is 6.11. The van der Waals surface area contributed by atoms with Gasteiger partial charge in [-0.2, -0.15) is 0 Å². The van der Waals surface area contributed by atoms with Crippen LogP contribution in [0.1, 0.15) is 24.4 Å². The Morgan fingerprint density at radius 3 is 3.05 bits per heavy atom. The number of anilines is 3. The maximum absolute atomic E-state index is 11.3. The molecule has 2 heterocycles. The van der Waals surface area contributed by atoms with Crippen LogP contribution in [-0.4, -0.2) is 15.9 Å². The van der Waals surface area contributed by atoms with Crippen LogP contribution in [0.25, 0.3) is 0 Å². The molecule has 98 valence electrons. The minimum Gasteiger partial charge on any atom is -0.397 e. The number of fused-ring (bicyclic) bond motifs is 1. The topological polar surface area (TPSA) is 95.8 Å². The SMILES string of the molecule is CC(Nc1cc2c(cc1N)CC(=O)N2)c1ncc[nH]1. The molecular formula is C13H15N5O. The third-order valence-electron chi connectivity index (χ3n) is 3.20. The number of imidazole rings is 1. The number of hydrogen-bond acceptors (Lipinski definition) is 4. The van der Waals surface area contributed by atoms with E-state index in [1.54, 1.807) is 12.4 Å². The summed E-state index contributed by atoms with van der Waals surface area (Å²) in [4.78, 5) is 18.6. The molecule has 1 aromatic heterocycles. The zero-order chi connectivity index (χ0) is 13.4. The molecular weight excluding hydrogens is 242 g/mol. The molecule has 6 heteroatoms. The number of benzene rings is 1. The molecule has 2 aromatic rings. The molecule has 3 rings (SSSR count). The van der Waals surface area contributed by atoms with Crippen molar-refractivity contribution in [1.29, 1.82) is 0 Å². The number of aromatic amines is 1. The molecule has 1 amide bonds. The van der Waals surface area contributed by atoms with Crippen LogP contribution < -0.4 is 16.4 Å². The Balaban J connectivity index is 1.86. The summed E-state index contributed by atoms with van der Waals surface area (Å²) in [7, 11) is 0. The summed E-state index contributed by atoms with van der Waals surface area (Å²) in [6, 6.07) is 3.71. The molecule has 1 aromatic carbocycles. The Morgan fingerprint density at radius 1 is 1.47 bits per heavy atom. The predicted molar refractivity (Wildman–Crippen MR) is 73.8 cm³/mol. The van der Waals surface area contributed by atoms with E-state index in [-0.39, 0.29) is 11.9 Å². The summed E-state index contributed by atoms with van der Waals surface area (Å²) in [6.07, 6.45) is 3.88. The maximum Gasteiger partial charge on any atom is 0.228 e. The molecule has 1 aliphatic heterocycles. The Labute approximate surface area is 110 Å². The first-order chi connectivity index (χ1) is 9.13. The number of amides is 1. The lowest BCUT2D eigenvalue weighted by atomic mass is 10.1. The summed E-state index contributed by atoms with van der Waals surface area (Å²) in [5.41, 5.74) is 9.21. The lowest BCUT2D eigenvalue weighted by molar-refractivity contribution is -0.115. The van der Waals surface area contributed by atoms with Crippen LogP contribution >= 0.6 is 0 Å². The van der Waals surface area contributed by atoms with Crippen LogP contribution in [-0.2, 0) is 11.2 Å². The largest absolute Gasteiger partial charge is 0.397 e. The average Bonchev–Trinajstić information content (AvgIpc) is 2.97. The highest BCUT2D eigenvalue weighted by Gasteiger charge is 2.20. The maximum atomic E-state index is 11.3. The van der Waals surface area contributed by atoms with Gasteiger partial charge in [-0.3, -0.25) is 4.79 Å². The average molecular weight is 257 g/mol. The fourth-order valence-electron chi connectivity index (χ4n) is 2.23. The van der Waals surface area contributed by atoms with Crippen LogP contribution in [0, 0.1) is 0 Å². The molecule has 1 unspecified atom stereocenters. The fourth-order valence-corrected chi connectivity index (χ4v) is 2.23. The van der Waals surface area contributed by atoms with Gasteiger partial charge in [0.15, 0.2) is 0 Å². The summed E-state index contributed by atoms with van der Waals surface area (Å²) in [6.45, 7) is 1.99. The molecule has 0 aliphatic carbocycles. The molecule has 19 heavy (non-hydrogen) atoms. The second kappa shape index (κ2) is 4.31. The van der Waals surface area contributed by atoms with Gasteiger partial charge < -0.3 is 21.4 Å². The van der Waals surface area contributed by atoms with Gasteiger partial charge in [0.25, 0.3) is 0 Å². The van der Waals surface area contributed by atoms with E-state index < -0.39 is 0 Å². The Kier molecular flexibility index (Phi) is 2.63. The Bertz CT molecular complexity index is 620. The quantitative estimate of drug-likeness (QED) is 0.629. The molecule has 1 atom stereocenters. The van der Waals surface area contributed by atoms with Crippen molar-refractivity contribution in [2.75, 3.05) is 16.4 Å². The van der Waals surface area contributed by atoms with Crippen molar-refractivity contribution >= 4 is 23.0 Å². The number of hydrogen-bond donors (Lipinski definition) is 4. The number of H-pyrrole nitrogens is 1. The van der Waals surface area contributed by atoms with E-state index in [1.807, 2.05) is 19.1 Å². The first kappa shape index (κ1) is 11.6. The molecule has 0 fully saturated rings. The summed E-state index contributed by atoms with van der Waals surface area (Å²) in [5.74, 6) is 0.842. The Morgan fingerprint density at radius 2 is 2.32 bits per heavy atom. The zero-order valence-electron chi connectivity index (χ0n) is 10.5. The van der Waals surface area contributed by atoms with Gasteiger partial charge in [0.1, 0.15) is 5.82 Å². The van der Waals surface area contributed by atoms with E-state index in [0.29, 0.717) is 12.1 Å². The van der Waals surface area contributed by atoms with E-state index >= 15 is 0 Å². The van der Waals surface area contributed by atoms with Gasteiger partial charge in [0, 0.05) is 18.1 Å². The highest BCUT2D eigenvalue weighted by atomic mass is 16.1. The van der Waals surface area contributed by atoms with Gasteiger partial charge in [-0.25, -0.2) is 4.98 Å². The second-order valence-electron chi connectivity index (χ2n) is 4.66. The number of aromatic nitrogens is 2. The van der Waals surface area contributed by atoms with Crippen LogP contribution in [0.2, 0.25) is 0 Å². The summed E-state index contributed by atoms with van der Waals surface area (Å²) < 4.78 is 0. The van der Waals surface area contributed by atoms with Crippen molar-refractivity contribution < 1.29 is 4.79 Å². The van der Waals surface area contributed by atoms with Crippen molar-refractivity contribution in [3.05, 3.63) is 35.9 Å². The minimum atomic E-state index is 0.00522. The van der Waals surface area contributed by atoms with Gasteiger partial charge in [0.05, 0.1) is 23.8 Å². The van der Waals surface area contributed by atoms with Crippen LogP contribution in [0.3, 0.4) is 0 Å². The highest BCUT2D eigenvalue weighted by Crippen LogP contribution is 2.32. The molecule has 0 spiro atoms. The van der Waals surface area contributed by atoms with E-state index in [2.05, 4.69) is 20.6 Å². The van der Waals surface area contributed by atoms with Crippen molar-refractivity contribution in [2.45, 2.75) is 19.4 Å². The molecule has 0 saturated heterocycles. The number of nitrogens with one attached hydrogen (secondary N) is 3. The highest BCUT2D eigenvalue weighted by molar-refractivity contribution is 6.00. The fraction of sp³-hybridized carbons (Fsp3) is 0.231. The predicted octanol–water partition coefficient (Wildman–Crippen LogP) is 1.66. The van der Waals surface area contributed by atoms with Crippen molar-refractivity contribution in [2.24, 2.45) is 0 Å². The normalized spacial score (nSPS) is 14.9. The lowest BCUT2D eigenvalue weighted by Gasteiger charge is -2.16. The molecule has 0 saturated carbocycles. The molecule has 0 bridgehead atoms. The second-order valence-corrected chi connectivity index (χ2v) is 4.66. The zero-order valence-corrected chi connectivity index (χ0v) is 10.5. The molecule has 1 aliphatic rings. The van der Waals surface area contributed by atoms with Crippen molar-refractivity contribution in [3.8, 4) is 0 Å². The van der Waals surface area contributed by atoms with Crippen molar-refractivity contribution in [3.63, 3.8) is 0 Å². The smallest absolute Gasteiger partial charge is 0.228 e. The first-order valence-corrected chi connectivity index (χ1v) is 6.11. The van der Waals surface area contributed by atoms with Gasteiger partial charge in [-0.1, -0.05) is 0 Å². The van der Waals surface area contributed by atoms with Gasteiger partial charge >= 0.3 is 0 Å². The Hall–Kier alpha value is -2.50. The minimum absolute atomic E-state index is 0.00522. The summed E-state index contributed by atoms with van der Waals surface area (Å²) in [5, 5.41) is 6.10. The van der Waals surface area contributed by atoms with Gasteiger partial charge in [-0.05, 0) is 24.6 Å². The molecule has 6 nitrogen and oxygen atoms in total. The summed E-state index contributed by atoms with van der Waals surface area (Å²) >= 11 is 0. The number of nitrogen functional groups attached to an aromatic ring is 1. The van der Waals surface area contributed by atoms with Crippen LogP contribution in [0.15, 0.2) is 24.5 Å². The number of nitrogens with two attached hydrogens (primary N) is 1. The van der Waals surface area contributed by atoms with Crippen LogP contribution in [0.5, 0.6) is 0 Å². The van der Waals surface area contributed by atoms with Crippen LogP contribution in [0.4, 0.5) is 17.1 Å². The number of carbonyl (C=O) groups is 1. The van der Waals surface area contributed by atoms with Gasteiger partial charge in [-0.15, -0.1) is 0 Å². The van der Waals surface area contributed by atoms with Gasteiger partial charge in [0.2, 0.25) is 5.91 Å². The molecule has 0 radical (unpaired) electrons.